The molecule has 3 heterocycles. The summed E-state index contributed by atoms with van der Waals surface area (Å²) in [6.45, 7) is 4.91. The maximum atomic E-state index is 10.0. The quantitative estimate of drug-likeness (QED) is 0.128. The Morgan fingerprint density at radius 3 is 2.29 bits per heavy atom. The summed E-state index contributed by atoms with van der Waals surface area (Å²) in [5, 5.41) is 13.5. The van der Waals surface area contributed by atoms with Gasteiger partial charge in [0.25, 0.3) is 0 Å². The third-order valence-corrected chi connectivity index (χ3v) is 5.75. The Labute approximate surface area is 211 Å². The third-order valence-electron chi connectivity index (χ3n) is 5.75. The van der Waals surface area contributed by atoms with Crippen LogP contribution in [0.25, 0.3) is 49.4 Å². The summed E-state index contributed by atoms with van der Waals surface area (Å²) in [5.41, 5.74) is 6.92. The van der Waals surface area contributed by atoms with Crippen molar-refractivity contribution in [2.75, 3.05) is 0 Å². The summed E-state index contributed by atoms with van der Waals surface area (Å²) >= 11 is 0. The van der Waals surface area contributed by atoms with Gasteiger partial charge in [0.2, 0.25) is 0 Å². The van der Waals surface area contributed by atoms with Crippen molar-refractivity contribution in [3.8, 4) is 11.3 Å². The fraction of sp³-hybridized carbons (Fsp3) is 0.103. The smallest absolute Gasteiger partial charge is 0.155 e. The Hall–Kier alpha value is -3.53. The number of ketones is 1. The second kappa shape index (κ2) is 9.38. The summed E-state index contributed by atoms with van der Waals surface area (Å²) in [4.78, 5) is 14.6. The average Bonchev–Trinajstić information content (AvgIpc) is 3.31. The van der Waals surface area contributed by atoms with Crippen LogP contribution in [0.3, 0.4) is 0 Å². The van der Waals surface area contributed by atoms with Crippen LogP contribution in [-0.4, -0.2) is 20.3 Å². The maximum absolute atomic E-state index is 10.0. The number of aliphatic hydroxyl groups excluding tert-OH is 1. The van der Waals surface area contributed by atoms with Crippen LogP contribution in [-0.2, 0) is 24.9 Å². The Morgan fingerprint density at radius 1 is 0.941 bits per heavy atom. The number of para-hydroxylation sites is 2. The van der Waals surface area contributed by atoms with Gasteiger partial charge < -0.3 is 14.5 Å². The van der Waals surface area contributed by atoms with E-state index in [0.717, 1.165) is 11.3 Å². The van der Waals surface area contributed by atoms with E-state index in [0.29, 0.717) is 0 Å². The van der Waals surface area contributed by atoms with E-state index < -0.39 is 0 Å². The van der Waals surface area contributed by atoms with Crippen LogP contribution in [0.15, 0.2) is 84.8 Å². The minimum absolute atomic E-state index is 0. The molecule has 0 saturated carbocycles. The number of pyridine rings is 1. The van der Waals surface area contributed by atoms with Crippen molar-refractivity contribution in [3.63, 3.8) is 0 Å². The van der Waals surface area contributed by atoms with Crippen molar-refractivity contribution in [3.05, 3.63) is 96.4 Å². The molecular weight excluding hydrogens is 601 g/mol. The molecule has 0 fully saturated rings. The minimum Gasteiger partial charge on any atom is -0.512 e. The molecule has 1 radical (unpaired) electrons. The fourth-order valence-electron chi connectivity index (χ4n) is 4.44. The normalized spacial score (nSPS) is 11.6. The van der Waals surface area contributed by atoms with Crippen LogP contribution in [0.1, 0.15) is 19.4 Å². The molecule has 0 aliphatic rings. The van der Waals surface area contributed by atoms with Gasteiger partial charge in [-0.1, -0.05) is 53.9 Å². The van der Waals surface area contributed by atoms with Gasteiger partial charge in [-0.3, -0.25) is 4.79 Å². The molecule has 0 saturated heterocycles. The van der Waals surface area contributed by atoms with E-state index in [1.54, 1.807) is 0 Å². The van der Waals surface area contributed by atoms with Gasteiger partial charge in [0, 0.05) is 48.7 Å². The van der Waals surface area contributed by atoms with E-state index >= 15 is 0 Å². The first-order chi connectivity index (χ1) is 15.9. The predicted octanol–water partition coefficient (Wildman–Crippen LogP) is 7.04. The second-order valence-electron chi connectivity index (χ2n) is 8.32. The van der Waals surface area contributed by atoms with Gasteiger partial charge in [0.15, 0.2) is 5.78 Å². The van der Waals surface area contributed by atoms with Crippen LogP contribution >= 0.6 is 0 Å². The Morgan fingerprint density at radius 2 is 1.65 bits per heavy atom. The van der Waals surface area contributed by atoms with E-state index in [9.17, 15) is 4.79 Å². The molecule has 0 amide bonds. The number of hydrogen-bond acceptors (Lipinski definition) is 3. The second-order valence-corrected chi connectivity index (χ2v) is 8.32. The number of rotatable bonds is 2. The number of carbonyl (C=O) groups excluding carboxylic acids is 1. The summed E-state index contributed by atoms with van der Waals surface area (Å²) in [6, 6.07) is 27.2. The van der Waals surface area contributed by atoms with E-state index in [-0.39, 0.29) is 31.6 Å². The summed E-state index contributed by atoms with van der Waals surface area (Å²) in [7, 11) is 0. The summed E-state index contributed by atoms with van der Waals surface area (Å²) in [5.74, 6) is -0.0625. The molecule has 3 aromatic carbocycles. The van der Waals surface area contributed by atoms with Crippen molar-refractivity contribution in [2.45, 2.75) is 20.8 Å². The van der Waals surface area contributed by atoms with E-state index in [1.165, 1.54) is 63.6 Å². The van der Waals surface area contributed by atoms with Crippen molar-refractivity contribution >= 4 is 43.9 Å². The first-order valence-electron chi connectivity index (χ1n) is 10.8. The number of carbonyl (C=O) groups is 1. The number of aryl methyl sites for hydroxylation is 1. The molecule has 6 rings (SSSR count). The molecule has 5 heteroatoms. The van der Waals surface area contributed by atoms with Crippen LogP contribution in [0.2, 0.25) is 0 Å². The first-order valence-corrected chi connectivity index (χ1v) is 10.8. The van der Waals surface area contributed by atoms with Gasteiger partial charge >= 0.3 is 0 Å². The van der Waals surface area contributed by atoms with Gasteiger partial charge in [-0.05, 0) is 49.0 Å². The first kappa shape index (κ1) is 23.6. The number of hydrogen-bond donors (Lipinski definition) is 1. The molecule has 0 spiro atoms. The Bertz CT molecular complexity index is 1660. The maximum Gasteiger partial charge on any atom is 0.155 e. The zero-order valence-corrected chi connectivity index (χ0v) is 21.5. The molecule has 4 nitrogen and oxygen atoms in total. The Balaban J connectivity index is 0.000000303. The molecule has 0 bridgehead atoms. The number of benzene rings is 3. The molecule has 0 unspecified atom stereocenters. The SMILES string of the molecule is CC(=O)/C=C(/C)O.Cc1ccc(-c2[c-]cc3c(c2)c2cccc4c5ccccc5n3c24)nc1.[Ir]. The number of fused-ring (bicyclic) bond motifs is 6. The molecule has 0 aliphatic carbocycles. The molecule has 3 aromatic heterocycles. The topological polar surface area (TPSA) is 54.6 Å². The molecule has 0 aliphatic heterocycles. The zero-order valence-electron chi connectivity index (χ0n) is 19.1. The van der Waals surface area contributed by atoms with Crippen LogP contribution in [0.4, 0.5) is 0 Å². The minimum atomic E-state index is -0.125. The third kappa shape index (κ3) is 4.09. The van der Waals surface area contributed by atoms with Crippen molar-refractivity contribution in [1.29, 1.82) is 0 Å². The molecule has 1 N–H and O–H groups in total. The van der Waals surface area contributed by atoms with Crippen molar-refractivity contribution < 1.29 is 30.0 Å². The van der Waals surface area contributed by atoms with Crippen molar-refractivity contribution in [1.82, 2.24) is 9.38 Å². The standard InChI is InChI=1S/C24H15N2.C5H8O2.Ir/c1-15-9-11-21(25-14-15)16-10-12-23-20(13-16)19-7-4-6-18-17-5-2-3-8-22(17)26(23)24(18)19;1-4(6)3-5(2)7;/h2-9,11-14H,1H3;3,6H,1-2H3;/q-1;;/b;4-3-;. The average molecular weight is 624 g/mol. The monoisotopic (exact) mass is 624 g/mol. The van der Waals surface area contributed by atoms with Gasteiger partial charge in [0.05, 0.1) is 11.3 Å². The molecule has 6 aromatic rings. The molecule has 0 atom stereocenters. The van der Waals surface area contributed by atoms with Crippen LogP contribution < -0.4 is 0 Å². The number of aliphatic hydroxyl groups is 1. The summed E-state index contributed by atoms with van der Waals surface area (Å²) < 4.78 is 2.37. The molecular formula is C29H23IrN2O2-. The van der Waals surface area contributed by atoms with Crippen LogP contribution in [0.5, 0.6) is 0 Å². The number of aromatic nitrogens is 2. The largest absolute Gasteiger partial charge is 0.512 e. The summed E-state index contributed by atoms with van der Waals surface area (Å²) in [6.07, 6.45) is 3.08. The van der Waals surface area contributed by atoms with Gasteiger partial charge in [0.1, 0.15) is 0 Å². The van der Waals surface area contributed by atoms with Gasteiger partial charge in [-0.15, -0.1) is 23.8 Å². The van der Waals surface area contributed by atoms with Gasteiger partial charge in [-0.2, -0.15) is 0 Å². The number of nitrogens with zero attached hydrogens (tertiary/aromatic N) is 2. The molecule has 34 heavy (non-hydrogen) atoms. The van der Waals surface area contributed by atoms with Gasteiger partial charge in [-0.25, -0.2) is 0 Å². The fourth-order valence-corrected chi connectivity index (χ4v) is 4.44. The zero-order chi connectivity index (χ0) is 23.1. The predicted molar refractivity (Wildman–Crippen MR) is 135 cm³/mol. The Kier molecular flexibility index (Phi) is 6.51. The molecule has 171 valence electrons. The number of allylic oxidation sites excluding steroid dienone is 2. The van der Waals surface area contributed by atoms with E-state index in [1.807, 2.05) is 6.20 Å². The van der Waals surface area contributed by atoms with E-state index in [4.69, 9.17) is 5.11 Å². The van der Waals surface area contributed by atoms with E-state index in [2.05, 4.69) is 89.1 Å². The van der Waals surface area contributed by atoms with Crippen LogP contribution in [0, 0.1) is 13.0 Å². The van der Waals surface area contributed by atoms with Crippen molar-refractivity contribution in [2.24, 2.45) is 0 Å².